The Morgan fingerprint density at radius 1 is 1.06 bits per heavy atom. The number of aliphatic imine (C=N–C) groups is 2. The van der Waals surface area contributed by atoms with Gasteiger partial charge in [-0.05, 0) is 79.9 Å². The average Bonchev–Trinajstić information content (AvgIpc) is 3.22. The molecular weight excluding hydrogens is 415 g/mol. The van der Waals surface area contributed by atoms with Crippen molar-refractivity contribution in [2.45, 2.75) is 92.9 Å². The van der Waals surface area contributed by atoms with Crippen LogP contribution in [0.15, 0.2) is 44.9 Å². The highest BCUT2D eigenvalue weighted by molar-refractivity contribution is 6.02. The van der Waals surface area contributed by atoms with Crippen LogP contribution in [0.3, 0.4) is 0 Å². The van der Waals surface area contributed by atoms with Gasteiger partial charge in [-0.2, -0.15) is 4.39 Å². The quantitative estimate of drug-likeness (QED) is 0.266. The maximum absolute atomic E-state index is 14.6. The number of allylic oxidation sites excluding steroid dienone is 3. The van der Waals surface area contributed by atoms with E-state index >= 15 is 0 Å². The Morgan fingerprint density at radius 3 is 2.36 bits per heavy atom. The first-order chi connectivity index (χ1) is 15.9. The van der Waals surface area contributed by atoms with E-state index in [-0.39, 0.29) is 12.7 Å². The molecule has 0 spiro atoms. The maximum atomic E-state index is 14.6. The molecule has 0 N–H and O–H groups in total. The monoisotopic (exact) mass is 454 g/mol. The van der Waals surface area contributed by atoms with E-state index in [0.29, 0.717) is 24.5 Å². The highest BCUT2D eigenvalue weighted by Gasteiger charge is 2.21. The second-order valence-electron chi connectivity index (χ2n) is 9.20. The molecule has 180 valence electrons. The molecule has 2 aliphatic rings. The fraction of sp³-hybridized carbons (Fsp3) is 0.571. The smallest absolute Gasteiger partial charge is 0.231 e. The normalized spacial score (nSPS) is 17.4. The lowest BCUT2D eigenvalue weighted by molar-refractivity contribution is 0.174. The highest BCUT2D eigenvalue weighted by atomic mass is 19.1. The molecule has 2 aliphatic heterocycles. The molecule has 2 heterocycles. The van der Waals surface area contributed by atoms with Crippen molar-refractivity contribution in [3.63, 3.8) is 0 Å². The molecule has 0 amide bonds. The molecule has 0 fully saturated rings. The number of hydrogen-bond acceptors (Lipinski definition) is 4. The van der Waals surface area contributed by atoms with Crippen molar-refractivity contribution in [2.75, 3.05) is 6.79 Å². The lowest BCUT2D eigenvalue weighted by Gasteiger charge is -2.18. The van der Waals surface area contributed by atoms with E-state index < -0.39 is 0 Å². The fourth-order valence-corrected chi connectivity index (χ4v) is 4.76. The summed E-state index contributed by atoms with van der Waals surface area (Å²) in [6, 6.07) is 4.22. The fourth-order valence-electron chi connectivity index (χ4n) is 4.76. The Morgan fingerprint density at radius 2 is 1.76 bits per heavy atom. The van der Waals surface area contributed by atoms with E-state index in [1.54, 1.807) is 0 Å². The van der Waals surface area contributed by atoms with E-state index in [1.165, 1.54) is 17.5 Å². The minimum Gasteiger partial charge on any atom is -0.454 e. The second-order valence-corrected chi connectivity index (χ2v) is 9.20. The molecule has 33 heavy (non-hydrogen) atoms. The molecule has 0 aromatic heterocycles. The van der Waals surface area contributed by atoms with Crippen LogP contribution in [-0.2, 0) is 12.8 Å². The highest BCUT2D eigenvalue weighted by Crippen LogP contribution is 2.36. The Hall–Kier alpha value is -2.43. The van der Waals surface area contributed by atoms with Crippen LogP contribution in [0.2, 0.25) is 0 Å². The zero-order chi connectivity index (χ0) is 24.0. The van der Waals surface area contributed by atoms with Crippen LogP contribution in [0.25, 0.3) is 0 Å². The van der Waals surface area contributed by atoms with Gasteiger partial charge in [-0.15, -0.1) is 0 Å². The first-order valence-corrected chi connectivity index (χ1v) is 12.5. The average molecular weight is 455 g/mol. The SMILES string of the molecule is CCCC(CC)CC(Cc1cc2c(cc1CC)OCO2)=NC1=C(C)CC(CC)=C(F)N=C1C. The minimum absolute atomic E-state index is 0.275. The summed E-state index contributed by atoms with van der Waals surface area (Å²) in [4.78, 5) is 9.46. The first-order valence-electron chi connectivity index (χ1n) is 12.5. The Kier molecular flexibility index (Phi) is 8.87. The summed E-state index contributed by atoms with van der Waals surface area (Å²) >= 11 is 0. The van der Waals surface area contributed by atoms with Gasteiger partial charge in [0.1, 0.15) is 0 Å². The standard InChI is InChI=1S/C28H39FN2O2/c1-7-11-20(8-2)13-24(14-23-16-26-25(32-17-33-26)15-21(23)9-3)31-27-18(5)12-22(10-4)28(29)30-19(27)6/h15-16,20H,7-14,17H2,1-6H3. The zero-order valence-electron chi connectivity index (χ0n) is 21.2. The summed E-state index contributed by atoms with van der Waals surface area (Å²) < 4.78 is 25.8. The van der Waals surface area contributed by atoms with Crippen molar-refractivity contribution >= 4 is 11.4 Å². The molecule has 0 aliphatic carbocycles. The molecule has 4 nitrogen and oxygen atoms in total. The molecular formula is C28H39FN2O2. The van der Waals surface area contributed by atoms with Crippen LogP contribution >= 0.6 is 0 Å². The Labute approximate surface area is 198 Å². The number of hydrogen-bond donors (Lipinski definition) is 0. The third-order valence-corrected chi connectivity index (χ3v) is 6.75. The van der Waals surface area contributed by atoms with Gasteiger partial charge in [-0.25, -0.2) is 4.99 Å². The predicted molar refractivity (Wildman–Crippen MR) is 135 cm³/mol. The van der Waals surface area contributed by atoms with Gasteiger partial charge in [0.15, 0.2) is 11.5 Å². The van der Waals surface area contributed by atoms with Crippen molar-refractivity contribution in [2.24, 2.45) is 15.9 Å². The molecule has 0 saturated carbocycles. The number of fused-ring (bicyclic) bond motifs is 1. The van der Waals surface area contributed by atoms with Crippen LogP contribution in [0.5, 0.6) is 11.5 Å². The number of rotatable bonds is 10. The number of benzene rings is 1. The van der Waals surface area contributed by atoms with Gasteiger partial charge in [0.05, 0.1) is 11.4 Å². The number of aryl methyl sites for hydroxylation is 1. The topological polar surface area (TPSA) is 43.2 Å². The van der Waals surface area contributed by atoms with Gasteiger partial charge in [0.2, 0.25) is 12.7 Å². The lowest BCUT2D eigenvalue weighted by Crippen LogP contribution is -2.14. The summed E-state index contributed by atoms with van der Waals surface area (Å²) in [5.74, 6) is 1.87. The maximum Gasteiger partial charge on any atom is 0.231 e. The van der Waals surface area contributed by atoms with Gasteiger partial charge in [0, 0.05) is 12.1 Å². The summed E-state index contributed by atoms with van der Waals surface area (Å²) in [5, 5.41) is 0. The molecule has 1 aromatic rings. The van der Waals surface area contributed by atoms with E-state index in [9.17, 15) is 4.39 Å². The zero-order valence-corrected chi connectivity index (χ0v) is 21.2. The van der Waals surface area contributed by atoms with E-state index in [4.69, 9.17) is 14.5 Å². The van der Waals surface area contributed by atoms with Crippen molar-refractivity contribution in [1.82, 2.24) is 0 Å². The molecule has 0 bridgehead atoms. The molecule has 1 atom stereocenters. The van der Waals surface area contributed by atoms with E-state index in [2.05, 4.69) is 44.8 Å². The van der Waals surface area contributed by atoms with Gasteiger partial charge >= 0.3 is 0 Å². The van der Waals surface area contributed by atoms with Crippen LogP contribution < -0.4 is 9.47 Å². The van der Waals surface area contributed by atoms with Gasteiger partial charge in [-0.3, -0.25) is 4.99 Å². The lowest BCUT2D eigenvalue weighted by atomic mass is 9.90. The number of ether oxygens (including phenoxy) is 2. The summed E-state index contributed by atoms with van der Waals surface area (Å²) in [7, 11) is 0. The molecule has 3 rings (SSSR count). The molecule has 0 saturated heterocycles. The van der Waals surface area contributed by atoms with Gasteiger partial charge in [-0.1, -0.05) is 47.0 Å². The summed E-state index contributed by atoms with van der Waals surface area (Å²) in [6.45, 7) is 12.9. The van der Waals surface area contributed by atoms with E-state index in [1.807, 2.05) is 13.8 Å². The minimum atomic E-state index is -0.345. The predicted octanol–water partition coefficient (Wildman–Crippen LogP) is 7.91. The number of nitrogens with zero attached hydrogens (tertiary/aromatic N) is 2. The van der Waals surface area contributed by atoms with Crippen LogP contribution in [0, 0.1) is 5.92 Å². The van der Waals surface area contributed by atoms with Crippen molar-refractivity contribution in [1.29, 1.82) is 0 Å². The van der Waals surface area contributed by atoms with Crippen molar-refractivity contribution < 1.29 is 13.9 Å². The third-order valence-electron chi connectivity index (χ3n) is 6.75. The number of halogens is 1. The first kappa shape index (κ1) is 25.2. The molecule has 1 unspecified atom stereocenters. The molecule has 1 aromatic carbocycles. The van der Waals surface area contributed by atoms with E-state index in [0.717, 1.165) is 66.2 Å². The van der Waals surface area contributed by atoms with Gasteiger partial charge in [0.25, 0.3) is 0 Å². The second kappa shape index (κ2) is 11.6. The summed E-state index contributed by atoms with van der Waals surface area (Å²) in [6.07, 6.45) is 7.31. The third kappa shape index (κ3) is 6.13. The van der Waals surface area contributed by atoms with Crippen molar-refractivity contribution in [3.8, 4) is 11.5 Å². The molecule has 0 radical (unpaired) electrons. The van der Waals surface area contributed by atoms with Crippen LogP contribution in [-0.4, -0.2) is 18.2 Å². The summed E-state index contributed by atoms with van der Waals surface area (Å²) in [5.41, 5.74) is 6.96. The Balaban J connectivity index is 2.02. The van der Waals surface area contributed by atoms with Crippen molar-refractivity contribution in [3.05, 3.63) is 46.1 Å². The van der Waals surface area contributed by atoms with Gasteiger partial charge < -0.3 is 9.47 Å². The largest absolute Gasteiger partial charge is 0.454 e. The van der Waals surface area contributed by atoms with Crippen LogP contribution in [0.1, 0.15) is 91.2 Å². The molecule has 5 heteroatoms. The van der Waals surface area contributed by atoms with Crippen LogP contribution in [0.4, 0.5) is 4.39 Å². The Bertz CT molecular complexity index is 988.